The van der Waals surface area contributed by atoms with Crippen molar-refractivity contribution in [2.24, 2.45) is 0 Å². The molecule has 22 heavy (non-hydrogen) atoms. The molecular weight excluding hydrogens is 288 g/mol. The van der Waals surface area contributed by atoms with Crippen LogP contribution in [0.3, 0.4) is 0 Å². The Morgan fingerprint density at radius 2 is 2.14 bits per heavy atom. The summed E-state index contributed by atoms with van der Waals surface area (Å²) in [7, 11) is 0. The largest absolute Gasteiger partial charge is 0.454 e. The molecule has 0 saturated heterocycles. The smallest absolute Gasteiger partial charge is 0.231 e. The van der Waals surface area contributed by atoms with Gasteiger partial charge in [0.25, 0.3) is 0 Å². The van der Waals surface area contributed by atoms with Crippen molar-refractivity contribution in [3.63, 3.8) is 0 Å². The lowest BCUT2D eigenvalue weighted by atomic mass is 10.2. The van der Waals surface area contributed by atoms with Gasteiger partial charge in [-0.1, -0.05) is 5.16 Å². The number of hydrogen-bond acceptors (Lipinski definition) is 7. The van der Waals surface area contributed by atoms with Gasteiger partial charge in [-0.3, -0.25) is 4.79 Å². The van der Waals surface area contributed by atoms with Gasteiger partial charge in [-0.2, -0.15) is 4.98 Å². The van der Waals surface area contributed by atoms with Gasteiger partial charge in [0.1, 0.15) is 0 Å². The number of nitrogen functional groups attached to an aromatic ring is 1. The molecule has 1 aliphatic rings. The Morgan fingerprint density at radius 1 is 1.36 bits per heavy atom. The minimum atomic E-state index is -0.137. The molecule has 0 spiro atoms. The summed E-state index contributed by atoms with van der Waals surface area (Å²) in [6.45, 7) is 1.91. The van der Waals surface area contributed by atoms with Crippen LogP contribution in [0.15, 0.2) is 16.7 Å². The highest BCUT2D eigenvalue weighted by Gasteiger charge is 2.17. The molecule has 3 N–H and O–H groups in total. The number of nitrogens with two attached hydrogens (primary N) is 1. The van der Waals surface area contributed by atoms with Crippen LogP contribution in [0.2, 0.25) is 0 Å². The molecule has 8 heteroatoms. The number of aromatic nitrogens is 2. The van der Waals surface area contributed by atoms with Crippen molar-refractivity contribution >= 4 is 17.3 Å². The van der Waals surface area contributed by atoms with Gasteiger partial charge in [-0.05, 0) is 13.3 Å². The van der Waals surface area contributed by atoms with Crippen LogP contribution >= 0.6 is 0 Å². The van der Waals surface area contributed by atoms with Gasteiger partial charge in [0.05, 0.1) is 11.4 Å². The summed E-state index contributed by atoms with van der Waals surface area (Å²) in [6.07, 6.45) is 1.50. The van der Waals surface area contributed by atoms with Crippen LogP contribution in [0.25, 0.3) is 0 Å². The number of anilines is 2. The average Bonchev–Trinajstić information content (AvgIpc) is 3.08. The van der Waals surface area contributed by atoms with E-state index in [-0.39, 0.29) is 12.7 Å². The Bertz CT molecular complexity index is 698. The lowest BCUT2D eigenvalue weighted by molar-refractivity contribution is -0.116. The first-order valence-corrected chi connectivity index (χ1v) is 6.90. The summed E-state index contributed by atoms with van der Waals surface area (Å²) in [6, 6.07) is 3.30. The molecule has 0 bridgehead atoms. The molecule has 116 valence electrons. The Kier molecular flexibility index (Phi) is 3.82. The molecular formula is C14H16N4O4. The number of fused-ring (bicyclic) bond motifs is 1. The van der Waals surface area contributed by atoms with Gasteiger partial charge in [0, 0.05) is 25.0 Å². The van der Waals surface area contributed by atoms with Crippen LogP contribution in [0, 0.1) is 6.92 Å². The number of aryl methyl sites for hydroxylation is 2. The zero-order chi connectivity index (χ0) is 15.5. The molecule has 8 nitrogen and oxygen atoms in total. The molecule has 1 aromatic carbocycles. The van der Waals surface area contributed by atoms with Gasteiger partial charge < -0.3 is 25.0 Å². The number of ether oxygens (including phenoxy) is 2. The number of rotatable bonds is 5. The number of carbonyl (C=O) groups excluding carboxylic acids is 1. The van der Waals surface area contributed by atoms with E-state index in [2.05, 4.69) is 15.5 Å². The van der Waals surface area contributed by atoms with Crippen LogP contribution in [-0.4, -0.2) is 22.8 Å². The Hall–Kier alpha value is -2.77. The fraction of sp³-hybridized carbons (Fsp3) is 0.357. The molecule has 2 heterocycles. The predicted molar refractivity (Wildman–Crippen MR) is 77.6 cm³/mol. The van der Waals surface area contributed by atoms with E-state index in [1.54, 1.807) is 19.1 Å². The van der Waals surface area contributed by atoms with E-state index < -0.39 is 0 Å². The van der Waals surface area contributed by atoms with Gasteiger partial charge >= 0.3 is 0 Å². The van der Waals surface area contributed by atoms with Crippen molar-refractivity contribution in [1.82, 2.24) is 10.1 Å². The van der Waals surface area contributed by atoms with Crippen molar-refractivity contribution < 1.29 is 18.8 Å². The topological polar surface area (TPSA) is 113 Å². The maximum Gasteiger partial charge on any atom is 0.231 e. The SMILES string of the molecule is Cc1noc(CCCC(=O)Nc2cc3c(cc2N)OCO3)n1. The van der Waals surface area contributed by atoms with E-state index in [0.29, 0.717) is 53.9 Å². The first-order valence-electron chi connectivity index (χ1n) is 6.90. The third kappa shape index (κ3) is 3.11. The fourth-order valence-corrected chi connectivity index (χ4v) is 2.12. The highest BCUT2D eigenvalue weighted by molar-refractivity contribution is 5.94. The molecule has 1 aliphatic heterocycles. The molecule has 2 aromatic rings. The predicted octanol–water partition coefficient (Wildman–Crippen LogP) is 1.65. The third-order valence-electron chi connectivity index (χ3n) is 3.18. The van der Waals surface area contributed by atoms with Gasteiger partial charge in [-0.15, -0.1) is 0 Å². The number of hydrogen-bond donors (Lipinski definition) is 2. The second-order valence-corrected chi connectivity index (χ2v) is 4.93. The lowest BCUT2D eigenvalue weighted by Crippen LogP contribution is -2.13. The van der Waals surface area contributed by atoms with Crippen LogP contribution in [0.5, 0.6) is 11.5 Å². The maximum absolute atomic E-state index is 12.0. The van der Waals surface area contributed by atoms with Gasteiger partial charge in [0.15, 0.2) is 17.3 Å². The first-order chi connectivity index (χ1) is 10.6. The molecule has 0 saturated carbocycles. The third-order valence-corrected chi connectivity index (χ3v) is 3.18. The zero-order valence-corrected chi connectivity index (χ0v) is 12.1. The first kappa shape index (κ1) is 14.2. The second-order valence-electron chi connectivity index (χ2n) is 4.93. The molecule has 0 atom stereocenters. The molecule has 3 rings (SSSR count). The molecule has 0 unspecified atom stereocenters. The maximum atomic E-state index is 12.0. The summed E-state index contributed by atoms with van der Waals surface area (Å²) in [5, 5.41) is 6.46. The van der Waals surface area contributed by atoms with Crippen LogP contribution < -0.4 is 20.5 Å². The van der Waals surface area contributed by atoms with Crippen molar-refractivity contribution in [3.05, 3.63) is 23.8 Å². The summed E-state index contributed by atoms with van der Waals surface area (Å²) in [5.41, 5.74) is 6.83. The van der Waals surface area contributed by atoms with Crippen molar-refractivity contribution in [1.29, 1.82) is 0 Å². The summed E-state index contributed by atoms with van der Waals surface area (Å²) in [4.78, 5) is 16.0. The van der Waals surface area contributed by atoms with Gasteiger partial charge in [-0.25, -0.2) is 0 Å². The minimum absolute atomic E-state index is 0.137. The molecule has 0 fully saturated rings. The minimum Gasteiger partial charge on any atom is -0.454 e. The summed E-state index contributed by atoms with van der Waals surface area (Å²) >= 11 is 0. The zero-order valence-electron chi connectivity index (χ0n) is 12.1. The van der Waals surface area contributed by atoms with E-state index in [0.717, 1.165) is 0 Å². The van der Waals surface area contributed by atoms with Crippen molar-refractivity contribution in [3.8, 4) is 11.5 Å². The van der Waals surface area contributed by atoms with Crippen molar-refractivity contribution in [2.45, 2.75) is 26.2 Å². The Labute approximate surface area is 126 Å². The summed E-state index contributed by atoms with van der Waals surface area (Å²) in [5.74, 6) is 2.15. The van der Waals surface area contributed by atoms with Crippen LogP contribution in [0.1, 0.15) is 24.6 Å². The highest BCUT2D eigenvalue weighted by atomic mass is 16.7. The van der Waals surface area contributed by atoms with E-state index in [1.807, 2.05) is 0 Å². The van der Waals surface area contributed by atoms with E-state index in [9.17, 15) is 4.79 Å². The Balaban J connectivity index is 1.53. The highest BCUT2D eigenvalue weighted by Crippen LogP contribution is 2.38. The number of carbonyl (C=O) groups is 1. The average molecular weight is 304 g/mol. The number of benzene rings is 1. The van der Waals surface area contributed by atoms with Gasteiger partial charge in [0.2, 0.25) is 18.6 Å². The molecule has 0 aliphatic carbocycles. The van der Waals surface area contributed by atoms with Crippen LogP contribution in [-0.2, 0) is 11.2 Å². The van der Waals surface area contributed by atoms with E-state index in [4.69, 9.17) is 19.7 Å². The number of nitrogens with one attached hydrogen (secondary N) is 1. The van der Waals surface area contributed by atoms with Crippen molar-refractivity contribution in [2.75, 3.05) is 17.8 Å². The van der Waals surface area contributed by atoms with Crippen LogP contribution in [0.4, 0.5) is 11.4 Å². The fourth-order valence-electron chi connectivity index (χ4n) is 2.12. The normalized spacial score (nSPS) is 12.4. The number of nitrogens with zero attached hydrogens (tertiary/aromatic N) is 2. The molecule has 1 aromatic heterocycles. The molecule has 1 amide bonds. The van der Waals surface area contributed by atoms with E-state index in [1.165, 1.54) is 0 Å². The summed E-state index contributed by atoms with van der Waals surface area (Å²) < 4.78 is 15.5. The standard InChI is InChI=1S/C14H16N4O4/c1-8-16-14(22-18-8)4-2-3-13(19)17-10-6-12-11(5-9(10)15)20-7-21-12/h5-6H,2-4,7,15H2,1H3,(H,17,19). The molecule has 0 radical (unpaired) electrons. The monoisotopic (exact) mass is 304 g/mol. The number of amides is 1. The quantitative estimate of drug-likeness (QED) is 0.807. The lowest BCUT2D eigenvalue weighted by Gasteiger charge is -2.09. The second kappa shape index (κ2) is 5.92. The van der Waals surface area contributed by atoms with E-state index >= 15 is 0 Å². The Morgan fingerprint density at radius 3 is 2.86 bits per heavy atom.